The summed E-state index contributed by atoms with van der Waals surface area (Å²) in [6, 6.07) is 9.57. The first kappa shape index (κ1) is 19.0. The van der Waals surface area contributed by atoms with Crippen molar-refractivity contribution in [1.29, 1.82) is 0 Å². The normalized spacial score (nSPS) is 14.4. The summed E-state index contributed by atoms with van der Waals surface area (Å²) in [7, 11) is 3.32. The highest BCUT2D eigenvalue weighted by atomic mass is 16.5. The summed E-state index contributed by atoms with van der Waals surface area (Å²) >= 11 is 0. The average molecular weight is 392 g/mol. The van der Waals surface area contributed by atoms with E-state index in [1.807, 2.05) is 36.7 Å². The smallest absolute Gasteiger partial charge is 0.159 e. The number of fused-ring (bicyclic) bond motifs is 1. The summed E-state index contributed by atoms with van der Waals surface area (Å²) in [6.07, 6.45) is 7.85. The number of hydrogen-bond donors (Lipinski definition) is 0. The second-order valence-electron chi connectivity index (χ2n) is 7.02. The number of ketones is 1. The largest absolute Gasteiger partial charge is 0.497 e. The predicted molar refractivity (Wildman–Crippen MR) is 112 cm³/mol. The van der Waals surface area contributed by atoms with Gasteiger partial charge in [0.2, 0.25) is 0 Å². The summed E-state index contributed by atoms with van der Waals surface area (Å²) in [4.78, 5) is 16.2. The van der Waals surface area contributed by atoms with Crippen LogP contribution in [0.1, 0.15) is 22.8 Å². The molecule has 0 fully saturated rings. The fourth-order valence-corrected chi connectivity index (χ4v) is 3.55. The Morgan fingerprint density at radius 1 is 1.17 bits per heavy atom. The van der Waals surface area contributed by atoms with Crippen LogP contribution in [0.25, 0.3) is 5.52 Å². The molecule has 150 valence electrons. The summed E-state index contributed by atoms with van der Waals surface area (Å²) in [6.45, 7) is 3.86. The highest BCUT2D eigenvalue weighted by Crippen LogP contribution is 2.28. The Balaban J connectivity index is 1.57. The number of aromatic nitrogens is 2. The first-order valence-electron chi connectivity index (χ1n) is 9.44. The number of carbonyl (C=O) groups excluding carboxylic acids is 1. The maximum atomic E-state index is 11.8. The molecular weight excluding hydrogens is 368 g/mol. The van der Waals surface area contributed by atoms with Crippen LogP contribution in [0.4, 0.5) is 5.69 Å². The maximum Gasteiger partial charge on any atom is 0.159 e. The number of pyridine rings is 1. The number of rotatable bonds is 6. The number of methoxy groups -OCH3 is 2. The Kier molecular flexibility index (Phi) is 5.22. The fourth-order valence-electron chi connectivity index (χ4n) is 3.55. The molecule has 7 heteroatoms. The van der Waals surface area contributed by atoms with E-state index >= 15 is 0 Å². The van der Waals surface area contributed by atoms with Crippen molar-refractivity contribution in [1.82, 2.24) is 14.5 Å². The van der Waals surface area contributed by atoms with Crippen LogP contribution in [0, 0.1) is 0 Å². The molecule has 0 atom stereocenters. The fraction of sp³-hybridized carbons (Fsp3) is 0.273. The van der Waals surface area contributed by atoms with Gasteiger partial charge in [-0.3, -0.25) is 9.69 Å². The Morgan fingerprint density at radius 3 is 2.79 bits per heavy atom. The molecule has 0 spiro atoms. The zero-order chi connectivity index (χ0) is 20.4. The summed E-state index contributed by atoms with van der Waals surface area (Å²) in [5.41, 5.74) is 3.66. The quantitative estimate of drug-likeness (QED) is 0.600. The van der Waals surface area contributed by atoms with Crippen molar-refractivity contribution in [3.63, 3.8) is 0 Å². The molecule has 29 heavy (non-hydrogen) atoms. The molecule has 0 bridgehead atoms. The van der Waals surface area contributed by atoms with E-state index in [1.54, 1.807) is 31.7 Å². The zero-order valence-corrected chi connectivity index (χ0v) is 16.8. The molecule has 4 rings (SSSR count). The molecule has 2 aromatic heterocycles. The molecule has 1 aliphatic heterocycles. The first-order chi connectivity index (χ1) is 14.1. The molecule has 3 aromatic rings. The van der Waals surface area contributed by atoms with Gasteiger partial charge in [0.05, 0.1) is 38.3 Å². The predicted octanol–water partition coefficient (Wildman–Crippen LogP) is 3.35. The van der Waals surface area contributed by atoms with E-state index in [2.05, 4.69) is 27.2 Å². The van der Waals surface area contributed by atoms with Crippen LogP contribution in [0.5, 0.6) is 11.5 Å². The van der Waals surface area contributed by atoms with Gasteiger partial charge in [-0.25, -0.2) is 4.52 Å². The van der Waals surface area contributed by atoms with E-state index in [-0.39, 0.29) is 5.78 Å². The maximum absolute atomic E-state index is 11.8. The Labute approximate surface area is 169 Å². The molecule has 3 heterocycles. The van der Waals surface area contributed by atoms with Crippen molar-refractivity contribution in [2.24, 2.45) is 0 Å². The first-order valence-corrected chi connectivity index (χ1v) is 9.44. The number of hydrogen-bond acceptors (Lipinski definition) is 6. The van der Waals surface area contributed by atoms with Gasteiger partial charge in [-0.15, -0.1) is 0 Å². The lowest BCUT2D eigenvalue weighted by atomic mass is 10.1. The van der Waals surface area contributed by atoms with Crippen LogP contribution < -0.4 is 14.4 Å². The van der Waals surface area contributed by atoms with Crippen LogP contribution in [0.15, 0.2) is 55.0 Å². The Morgan fingerprint density at radius 2 is 2.03 bits per heavy atom. The number of nitrogens with zero attached hydrogens (tertiary/aromatic N) is 4. The minimum Gasteiger partial charge on any atom is -0.497 e. The molecule has 1 aliphatic rings. The lowest BCUT2D eigenvalue weighted by Gasteiger charge is -2.32. The molecule has 0 amide bonds. The van der Waals surface area contributed by atoms with Crippen LogP contribution in [-0.2, 0) is 6.54 Å². The van der Waals surface area contributed by atoms with E-state index in [1.165, 1.54) is 0 Å². The molecule has 0 saturated heterocycles. The van der Waals surface area contributed by atoms with Crippen LogP contribution >= 0.6 is 0 Å². The number of carbonyl (C=O) groups is 1. The van der Waals surface area contributed by atoms with Crippen molar-refractivity contribution in [3.8, 4) is 11.5 Å². The van der Waals surface area contributed by atoms with Gasteiger partial charge in [0.1, 0.15) is 11.5 Å². The van der Waals surface area contributed by atoms with Gasteiger partial charge in [-0.05, 0) is 25.1 Å². The molecule has 1 aromatic carbocycles. The summed E-state index contributed by atoms with van der Waals surface area (Å²) in [5.74, 6) is 1.63. The number of ether oxygens (including phenoxy) is 2. The van der Waals surface area contributed by atoms with Gasteiger partial charge in [0.25, 0.3) is 0 Å². The van der Waals surface area contributed by atoms with E-state index < -0.39 is 0 Å². The van der Waals surface area contributed by atoms with Gasteiger partial charge < -0.3 is 14.4 Å². The highest BCUT2D eigenvalue weighted by Gasteiger charge is 2.19. The second-order valence-corrected chi connectivity index (χ2v) is 7.02. The van der Waals surface area contributed by atoms with Crippen LogP contribution in [0.3, 0.4) is 0 Å². The third-order valence-electron chi connectivity index (χ3n) is 5.11. The lowest BCUT2D eigenvalue weighted by Crippen LogP contribution is -2.38. The molecule has 7 nitrogen and oxygen atoms in total. The van der Waals surface area contributed by atoms with E-state index in [9.17, 15) is 4.79 Å². The van der Waals surface area contributed by atoms with Crippen molar-refractivity contribution in [3.05, 3.63) is 66.1 Å². The van der Waals surface area contributed by atoms with Gasteiger partial charge in [0.15, 0.2) is 5.78 Å². The zero-order valence-electron chi connectivity index (χ0n) is 16.8. The van der Waals surface area contributed by atoms with E-state index in [0.29, 0.717) is 12.2 Å². The lowest BCUT2D eigenvalue weighted by molar-refractivity contribution is 0.101. The van der Waals surface area contributed by atoms with Crippen molar-refractivity contribution in [2.75, 3.05) is 32.3 Å². The van der Waals surface area contributed by atoms with Gasteiger partial charge in [-0.1, -0.05) is 12.1 Å². The van der Waals surface area contributed by atoms with Crippen molar-refractivity contribution in [2.45, 2.75) is 13.5 Å². The van der Waals surface area contributed by atoms with Gasteiger partial charge >= 0.3 is 0 Å². The standard InChI is InChI=1S/C22H24N4O3/c1-16(27)17-7-10-26-20(11-17)21(13-23-26)25-9-4-8-24(15-25)14-18-5-6-19(28-2)12-22(18)29-3/h4-7,9-13H,8,14-15H2,1-3H3. The summed E-state index contributed by atoms with van der Waals surface area (Å²) in [5, 5.41) is 4.43. The Bertz CT molecular complexity index is 1070. The minimum absolute atomic E-state index is 0.0436. The van der Waals surface area contributed by atoms with Gasteiger partial charge in [0, 0.05) is 42.7 Å². The van der Waals surface area contributed by atoms with Crippen LogP contribution in [0.2, 0.25) is 0 Å². The molecular formula is C22H24N4O3. The molecule has 0 N–H and O–H groups in total. The Hall–Kier alpha value is -3.32. The SMILES string of the molecule is COc1ccc(CN2CC=CN(c3cnn4ccc(C(C)=O)cc34)C2)c(OC)c1. The van der Waals surface area contributed by atoms with Gasteiger partial charge in [-0.2, -0.15) is 5.10 Å². The average Bonchev–Trinajstić information content (AvgIpc) is 3.17. The van der Waals surface area contributed by atoms with Crippen LogP contribution in [-0.4, -0.2) is 47.7 Å². The number of Topliss-reactive ketones (excluding diaryl/α,β-unsaturated/α-hetero) is 1. The van der Waals surface area contributed by atoms with Crippen molar-refractivity contribution >= 4 is 17.0 Å². The highest BCUT2D eigenvalue weighted by molar-refractivity contribution is 5.96. The molecule has 0 saturated carbocycles. The number of benzene rings is 1. The molecule has 0 aliphatic carbocycles. The summed E-state index contributed by atoms with van der Waals surface area (Å²) < 4.78 is 12.6. The minimum atomic E-state index is 0.0436. The monoisotopic (exact) mass is 392 g/mol. The topological polar surface area (TPSA) is 59.3 Å². The van der Waals surface area contributed by atoms with Crippen molar-refractivity contribution < 1.29 is 14.3 Å². The molecule has 0 unspecified atom stereocenters. The second kappa shape index (κ2) is 7.97. The number of anilines is 1. The molecule has 0 radical (unpaired) electrons. The third-order valence-corrected chi connectivity index (χ3v) is 5.11. The third kappa shape index (κ3) is 3.82. The van der Waals surface area contributed by atoms with E-state index in [0.717, 1.165) is 41.4 Å². The van der Waals surface area contributed by atoms with E-state index in [4.69, 9.17) is 9.47 Å².